The molecule has 0 saturated carbocycles. The first-order valence-electron chi connectivity index (χ1n) is 9.40. The molecule has 0 aliphatic rings. The molecule has 0 heterocycles. The summed E-state index contributed by atoms with van der Waals surface area (Å²) >= 11 is 11.9. The Balaban J connectivity index is 1.72. The minimum Gasteiger partial charge on any atom is -0.490 e. The number of hydrazone groups is 1. The molecule has 1 N–H and O–H groups in total. The van der Waals surface area contributed by atoms with Gasteiger partial charge in [0.2, 0.25) is 0 Å². The molecule has 9 heteroatoms. The van der Waals surface area contributed by atoms with Gasteiger partial charge in [-0.1, -0.05) is 23.2 Å². The molecule has 0 spiro atoms. The Kier molecular flexibility index (Phi) is 7.81. The first-order valence-corrected chi connectivity index (χ1v) is 10.2. The number of carbonyl (C=O) groups is 2. The van der Waals surface area contributed by atoms with Crippen LogP contribution in [0, 0.1) is 5.82 Å². The minimum atomic E-state index is -0.666. The number of esters is 1. The van der Waals surface area contributed by atoms with E-state index >= 15 is 0 Å². The van der Waals surface area contributed by atoms with Gasteiger partial charge in [0.1, 0.15) is 5.82 Å². The van der Waals surface area contributed by atoms with Gasteiger partial charge in [0.15, 0.2) is 11.5 Å². The summed E-state index contributed by atoms with van der Waals surface area (Å²) in [4.78, 5) is 24.5. The van der Waals surface area contributed by atoms with Crippen LogP contribution in [0.2, 0.25) is 10.0 Å². The molecule has 3 aromatic carbocycles. The minimum absolute atomic E-state index is 0.160. The summed E-state index contributed by atoms with van der Waals surface area (Å²) in [7, 11) is 0. The molecule has 32 heavy (non-hydrogen) atoms. The van der Waals surface area contributed by atoms with Crippen LogP contribution >= 0.6 is 23.2 Å². The highest BCUT2D eigenvalue weighted by Gasteiger charge is 2.16. The number of ether oxygens (including phenoxy) is 2. The third kappa shape index (κ3) is 6.06. The highest BCUT2D eigenvalue weighted by Crippen LogP contribution is 2.30. The van der Waals surface area contributed by atoms with E-state index in [1.807, 2.05) is 0 Å². The van der Waals surface area contributed by atoms with Crippen LogP contribution in [0.25, 0.3) is 0 Å². The summed E-state index contributed by atoms with van der Waals surface area (Å²) in [5, 5.41) is 4.46. The molecule has 164 valence electrons. The van der Waals surface area contributed by atoms with Crippen LogP contribution in [0.15, 0.2) is 65.8 Å². The fraction of sp³-hybridized carbons (Fsp3) is 0.0870. The number of carbonyl (C=O) groups excluding carboxylic acids is 2. The van der Waals surface area contributed by atoms with Crippen molar-refractivity contribution in [2.45, 2.75) is 6.92 Å². The van der Waals surface area contributed by atoms with Crippen molar-refractivity contribution in [1.82, 2.24) is 5.43 Å². The third-order valence-electron chi connectivity index (χ3n) is 4.11. The zero-order chi connectivity index (χ0) is 23.1. The van der Waals surface area contributed by atoms with Crippen molar-refractivity contribution < 1.29 is 23.5 Å². The molecule has 6 nitrogen and oxygen atoms in total. The van der Waals surface area contributed by atoms with E-state index < -0.39 is 17.7 Å². The monoisotopic (exact) mass is 474 g/mol. The molecule has 0 aliphatic carbocycles. The Morgan fingerprint density at radius 2 is 1.78 bits per heavy atom. The zero-order valence-corrected chi connectivity index (χ0v) is 18.3. The lowest BCUT2D eigenvalue weighted by atomic mass is 10.2. The molecule has 0 unspecified atom stereocenters. The first kappa shape index (κ1) is 23.2. The van der Waals surface area contributed by atoms with Crippen molar-refractivity contribution in [2.24, 2.45) is 5.10 Å². The molecule has 0 saturated heterocycles. The third-order valence-corrected chi connectivity index (χ3v) is 4.66. The van der Waals surface area contributed by atoms with Crippen LogP contribution in [-0.2, 0) is 0 Å². The van der Waals surface area contributed by atoms with Crippen molar-refractivity contribution in [1.29, 1.82) is 0 Å². The summed E-state index contributed by atoms with van der Waals surface area (Å²) in [5.41, 5.74) is 3.36. The van der Waals surface area contributed by atoms with Crippen LogP contribution in [0.4, 0.5) is 4.39 Å². The van der Waals surface area contributed by atoms with Crippen molar-refractivity contribution in [3.63, 3.8) is 0 Å². The molecular formula is C23H17Cl2FN2O4. The van der Waals surface area contributed by atoms with E-state index in [4.69, 9.17) is 32.7 Å². The number of hydrogen-bond acceptors (Lipinski definition) is 5. The van der Waals surface area contributed by atoms with Gasteiger partial charge >= 0.3 is 5.97 Å². The molecular weight excluding hydrogens is 458 g/mol. The number of amides is 1. The van der Waals surface area contributed by atoms with Gasteiger partial charge < -0.3 is 9.47 Å². The first-order chi connectivity index (χ1) is 15.4. The predicted molar refractivity (Wildman–Crippen MR) is 120 cm³/mol. The molecule has 0 atom stereocenters. The Hall–Kier alpha value is -3.42. The molecule has 0 bridgehead atoms. The molecule has 0 aromatic heterocycles. The van der Waals surface area contributed by atoms with Crippen LogP contribution in [0.5, 0.6) is 11.5 Å². The van der Waals surface area contributed by atoms with Crippen molar-refractivity contribution in [2.75, 3.05) is 6.61 Å². The Bertz CT molecular complexity index is 1170. The maximum Gasteiger partial charge on any atom is 0.345 e. The van der Waals surface area contributed by atoms with Gasteiger partial charge in [-0.3, -0.25) is 4.79 Å². The molecule has 0 radical (unpaired) electrons. The van der Waals surface area contributed by atoms with E-state index in [2.05, 4.69) is 10.5 Å². The molecule has 0 aliphatic heterocycles. The normalized spacial score (nSPS) is 10.8. The van der Waals surface area contributed by atoms with Gasteiger partial charge in [0, 0.05) is 10.6 Å². The van der Waals surface area contributed by atoms with Crippen molar-refractivity contribution >= 4 is 41.3 Å². The fourth-order valence-corrected chi connectivity index (χ4v) is 3.08. The van der Waals surface area contributed by atoms with Crippen LogP contribution < -0.4 is 14.9 Å². The Morgan fingerprint density at radius 1 is 1.03 bits per heavy atom. The lowest BCUT2D eigenvalue weighted by Gasteiger charge is -2.12. The van der Waals surface area contributed by atoms with E-state index in [9.17, 15) is 14.0 Å². The maximum absolute atomic E-state index is 13.0. The van der Waals surface area contributed by atoms with E-state index in [1.54, 1.807) is 19.1 Å². The second-order valence-corrected chi connectivity index (χ2v) is 7.20. The quantitative estimate of drug-likeness (QED) is 0.212. The SMILES string of the molecule is CCOc1cc(/C=N/NC(=O)c2ccc(F)cc2)ccc1OC(=O)c1ccc(Cl)cc1Cl. The summed E-state index contributed by atoms with van der Waals surface area (Å²) in [6, 6.07) is 14.3. The molecule has 3 rings (SSSR count). The Labute approximate surface area is 193 Å². The highest BCUT2D eigenvalue weighted by molar-refractivity contribution is 6.36. The van der Waals surface area contributed by atoms with Gasteiger partial charge in [0.05, 0.1) is 23.4 Å². The summed E-state index contributed by atoms with van der Waals surface area (Å²) < 4.78 is 23.9. The lowest BCUT2D eigenvalue weighted by molar-refractivity contribution is 0.0728. The van der Waals surface area contributed by atoms with E-state index in [1.165, 1.54) is 54.7 Å². The Morgan fingerprint density at radius 3 is 2.47 bits per heavy atom. The van der Waals surface area contributed by atoms with Gasteiger partial charge in [-0.15, -0.1) is 0 Å². The van der Waals surface area contributed by atoms with Crippen molar-refractivity contribution in [3.8, 4) is 11.5 Å². The van der Waals surface area contributed by atoms with Crippen LogP contribution in [-0.4, -0.2) is 24.7 Å². The second-order valence-electron chi connectivity index (χ2n) is 6.36. The number of rotatable bonds is 7. The largest absolute Gasteiger partial charge is 0.490 e. The number of hydrogen-bond donors (Lipinski definition) is 1. The smallest absolute Gasteiger partial charge is 0.345 e. The van der Waals surface area contributed by atoms with E-state index in [-0.39, 0.29) is 21.9 Å². The molecule has 3 aromatic rings. The number of benzene rings is 3. The van der Waals surface area contributed by atoms with Gasteiger partial charge in [0.25, 0.3) is 5.91 Å². The average molecular weight is 475 g/mol. The van der Waals surface area contributed by atoms with Gasteiger partial charge in [-0.25, -0.2) is 14.6 Å². The number of nitrogens with one attached hydrogen (secondary N) is 1. The lowest BCUT2D eigenvalue weighted by Crippen LogP contribution is -2.17. The standard InChI is InChI=1S/C23H17Cl2FN2O4/c1-2-31-21-11-14(13-27-28-22(29)15-4-7-17(26)8-5-15)3-10-20(21)32-23(30)18-9-6-16(24)12-19(18)25/h3-13H,2H2,1H3,(H,28,29)/b27-13+. The summed E-state index contributed by atoms with van der Waals surface area (Å²) in [6.45, 7) is 2.11. The molecule has 1 amide bonds. The fourth-order valence-electron chi connectivity index (χ4n) is 2.60. The topological polar surface area (TPSA) is 77.0 Å². The van der Waals surface area contributed by atoms with Gasteiger partial charge in [-0.05, 0) is 73.2 Å². The molecule has 0 fully saturated rings. The zero-order valence-electron chi connectivity index (χ0n) is 16.8. The summed E-state index contributed by atoms with van der Waals surface area (Å²) in [5.74, 6) is -1.10. The van der Waals surface area contributed by atoms with Crippen LogP contribution in [0.1, 0.15) is 33.2 Å². The summed E-state index contributed by atoms with van der Waals surface area (Å²) in [6.07, 6.45) is 1.39. The maximum atomic E-state index is 13.0. The van der Waals surface area contributed by atoms with E-state index in [0.717, 1.165) is 0 Å². The van der Waals surface area contributed by atoms with Crippen LogP contribution in [0.3, 0.4) is 0 Å². The number of halogens is 3. The predicted octanol–water partition coefficient (Wildman–Crippen LogP) is 5.51. The van der Waals surface area contributed by atoms with E-state index in [0.29, 0.717) is 22.9 Å². The van der Waals surface area contributed by atoms with Crippen molar-refractivity contribution in [3.05, 3.63) is 93.2 Å². The number of nitrogens with zero attached hydrogens (tertiary/aromatic N) is 1. The average Bonchev–Trinajstić information content (AvgIpc) is 2.76. The van der Waals surface area contributed by atoms with Gasteiger partial charge in [-0.2, -0.15) is 5.10 Å². The second kappa shape index (κ2) is 10.7. The highest BCUT2D eigenvalue weighted by atomic mass is 35.5.